The predicted octanol–water partition coefficient (Wildman–Crippen LogP) is 2.59. The van der Waals surface area contributed by atoms with Gasteiger partial charge in [0.15, 0.2) is 0 Å². The van der Waals surface area contributed by atoms with E-state index in [-0.39, 0.29) is 17.8 Å². The number of ether oxygens (including phenoxy) is 1. The van der Waals surface area contributed by atoms with E-state index in [2.05, 4.69) is 33.0 Å². The topological polar surface area (TPSA) is 41.5 Å². The number of hydrogen-bond acceptors (Lipinski definition) is 3. The molecule has 2 atom stereocenters. The number of hydrogen-bond donors (Lipinski definition) is 2. The molecule has 0 aliphatic heterocycles. The van der Waals surface area contributed by atoms with Gasteiger partial charge >= 0.3 is 0 Å². The van der Waals surface area contributed by atoms with Crippen LogP contribution in [-0.4, -0.2) is 30.4 Å². The van der Waals surface area contributed by atoms with Gasteiger partial charge in [0.25, 0.3) is 0 Å². The van der Waals surface area contributed by atoms with Crippen LogP contribution in [0.25, 0.3) is 0 Å². The van der Waals surface area contributed by atoms with Crippen LogP contribution >= 0.6 is 0 Å². The molecule has 1 aromatic carbocycles. The van der Waals surface area contributed by atoms with Crippen molar-refractivity contribution in [1.29, 1.82) is 0 Å². The summed E-state index contributed by atoms with van der Waals surface area (Å²) in [6.07, 6.45) is -0.588. The minimum Gasteiger partial charge on any atom is -0.491 e. The Bertz CT molecular complexity index is 373. The summed E-state index contributed by atoms with van der Waals surface area (Å²) in [7, 11) is 0. The minimum absolute atomic E-state index is 0.150. The van der Waals surface area contributed by atoms with Gasteiger partial charge in [0.1, 0.15) is 24.3 Å². The highest BCUT2D eigenvalue weighted by Gasteiger charge is 2.20. The highest BCUT2D eigenvalue weighted by molar-refractivity contribution is 5.22. The summed E-state index contributed by atoms with van der Waals surface area (Å²) in [5.74, 6) is 0.262. The van der Waals surface area contributed by atoms with Gasteiger partial charge < -0.3 is 15.2 Å². The quantitative estimate of drug-likeness (QED) is 0.834. The molecule has 0 bridgehead atoms. The summed E-state index contributed by atoms with van der Waals surface area (Å²) in [5, 5.41) is 13.1. The van der Waals surface area contributed by atoms with Crippen LogP contribution in [-0.2, 0) is 0 Å². The van der Waals surface area contributed by atoms with Crippen molar-refractivity contribution in [3.05, 3.63) is 30.1 Å². The third-order valence-electron chi connectivity index (χ3n) is 3.21. The van der Waals surface area contributed by atoms with Crippen LogP contribution in [0.5, 0.6) is 5.75 Å². The van der Waals surface area contributed by atoms with Crippen molar-refractivity contribution in [2.45, 2.75) is 39.8 Å². The Morgan fingerprint density at radius 2 is 1.84 bits per heavy atom. The van der Waals surface area contributed by atoms with Crippen molar-refractivity contribution < 1.29 is 14.2 Å². The van der Waals surface area contributed by atoms with E-state index in [1.54, 1.807) is 12.1 Å². The second-order valence-electron chi connectivity index (χ2n) is 5.91. The molecule has 2 unspecified atom stereocenters. The van der Waals surface area contributed by atoms with Crippen molar-refractivity contribution in [3.63, 3.8) is 0 Å². The van der Waals surface area contributed by atoms with E-state index < -0.39 is 6.10 Å². The molecule has 3 nitrogen and oxygen atoms in total. The monoisotopic (exact) mass is 269 g/mol. The Kier molecular flexibility index (Phi) is 5.76. The lowest BCUT2D eigenvalue weighted by molar-refractivity contribution is 0.0986. The van der Waals surface area contributed by atoms with Gasteiger partial charge in [-0.2, -0.15) is 0 Å². The molecule has 1 aromatic rings. The molecule has 0 saturated heterocycles. The lowest BCUT2D eigenvalue weighted by Crippen LogP contribution is -2.42. The molecular formula is C15H24FNO2. The first kappa shape index (κ1) is 15.9. The van der Waals surface area contributed by atoms with Gasteiger partial charge in [-0.25, -0.2) is 4.39 Å². The van der Waals surface area contributed by atoms with Crippen molar-refractivity contribution in [1.82, 2.24) is 5.32 Å². The highest BCUT2D eigenvalue weighted by atomic mass is 19.1. The molecule has 0 heterocycles. The van der Waals surface area contributed by atoms with E-state index >= 15 is 0 Å². The molecule has 2 N–H and O–H groups in total. The number of nitrogens with one attached hydrogen (secondary N) is 1. The summed E-state index contributed by atoms with van der Waals surface area (Å²) in [4.78, 5) is 0. The normalized spacial score (nSPS) is 15.1. The lowest BCUT2D eigenvalue weighted by atomic mass is 9.88. The Morgan fingerprint density at radius 3 is 2.37 bits per heavy atom. The van der Waals surface area contributed by atoms with Gasteiger partial charge in [0.05, 0.1) is 0 Å². The molecule has 0 aliphatic rings. The Morgan fingerprint density at radius 1 is 1.26 bits per heavy atom. The molecule has 0 fully saturated rings. The zero-order valence-electron chi connectivity index (χ0n) is 12.1. The van der Waals surface area contributed by atoms with Gasteiger partial charge in [0.2, 0.25) is 0 Å². The third-order valence-corrected chi connectivity index (χ3v) is 3.21. The zero-order valence-corrected chi connectivity index (χ0v) is 12.1. The van der Waals surface area contributed by atoms with E-state index in [9.17, 15) is 9.50 Å². The number of rotatable bonds is 6. The minimum atomic E-state index is -0.588. The lowest BCUT2D eigenvalue weighted by Gasteiger charge is -2.29. The Hall–Kier alpha value is -1.13. The number of aliphatic hydroxyl groups is 1. The summed E-state index contributed by atoms with van der Waals surface area (Å²) in [6, 6.07) is 6.07. The molecule has 4 heteroatoms. The van der Waals surface area contributed by atoms with Crippen molar-refractivity contribution >= 4 is 0 Å². The standard InChI is InChI=1S/C15H24FNO2/c1-11(15(2,3)4)17-9-13(18)10-19-14-7-5-12(16)6-8-14/h5-8,11,13,17-18H,9-10H2,1-4H3. The van der Waals surface area contributed by atoms with Crippen LogP contribution in [0.3, 0.4) is 0 Å². The van der Waals surface area contributed by atoms with Crippen LogP contribution in [0.15, 0.2) is 24.3 Å². The van der Waals surface area contributed by atoms with Gasteiger partial charge in [-0.3, -0.25) is 0 Å². The first-order valence-corrected chi connectivity index (χ1v) is 6.59. The van der Waals surface area contributed by atoms with Gasteiger partial charge in [0, 0.05) is 12.6 Å². The third kappa shape index (κ3) is 6.03. The van der Waals surface area contributed by atoms with Crippen LogP contribution < -0.4 is 10.1 Å². The average molecular weight is 269 g/mol. The summed E-state index contributed by atoms with van der Waals surface area (Å²) >= 11 is 0. The molecule has 0 aromatic heterocycles. The van der Waals surface area contributed by atoms with Gasteiger partial charge in [-0.05, 0) is 36.6 Å². The highest BCUT2D eigenvalue weighted by Crippen LogP contribution is 2.18. The summed E-state index contributed by atoms with van der Waals surface area (Å²) < 4.78 is 18.1. The molecule has 0 spiro atoms. The summed E-state index contributed by atoms with van der Waals surface area (Å²) in [6.45, 7) is 9.19. The van der Waals surface area contributed by atoms with Crippen molar-refractivity contribution in [2.75, 3.05) is 13.2 Å². The largest absolute Gasteiger partial charge is 0.491 e. The number of halogens is 1. The van der Waals surface area contributed by atoms with E-state index in [1.165, 1.54) is 12.1 Å². The fourth-order valence-corrected chi connectivity index (χ4v) is 1.40. The van der Waals surface area contributed by atoms with Crippen LogP contribution in [0.1, 0.15) is 27.7 Å². The van der Waals surface area contributed by atoms with Gasteiger partial charge in [-0.15, -0.1) is 0 Å². The van der Waals surface area contributed by atoms with E-state index in [0.717, 1.165) is 0 Å². The molecule has 19 heavy (non-hydrogen) atoms. The maximum atomic E-state index is 12.7. The molecule has 1 rings (SSSR count). The Balaban J connectivity index is 2.28. The molecular weight excluding hydrogens is 245 g/mol. The number of benzene rings is 1. The van der Waals surface area contributed by atoms with Crippen molar-refractivity contribution in [3.8, 4) is 5.75 Å². The molecule has 108 valence electrons. The number of aliphatic hydroxyl groups excluding tert-OH is 1. The fourth-order valence-electron chi connectivity index (χ4n) is 1.40. The van der Waals surface area contributed by atoms with E-state index in [1.807, 2.05) is 0 Å². The van der Waals surface area contributed by atoms with Crippen LogP contribution in [0.2, 0.25) is 0 Å². The molecule has 0 radical (unpaired) electrons. The SMILES string of the molecule is CC(NCC(O)COc1ccc(F)cc1)C(C)(C)C. The molecule has 0 amide bonds. The maximum absolute atomic E-state index is 12.7. The predicted molar refractivity (Wildman–Crippen MR) is 74.8 cm³/mol. The smallest absolute Gasteiger partial charge is 0.123 e. The van der Waals surface area contributed by atoms with E-state index in [0.29, 0.717) is 18.3 Å². The fraction of sp³-hybridized carbons (Fsp3) is 0.600. The van der Waals surface area contributed by atoms with Crippen LogP contribution in [0, 0.1) is 11.2 Å². The summed E-state index contributed by atoms with van der Waals surface area (Å²) in [5.41, 5.74) is 0.150. The maximum Gasteiger partial charge on any atom is 0.123 e. The van der Waals surface area contributed by atoms with E-state index in [4.69, 9.17) is 4.74 Å². The Labute approximate surface area is 114 Å². The van der Waals surface area contributed by atoms with Gasteiger partial charge in [-0.1, -0.05) is 20.8 Å². The zero-order chi connectivity index (χ0) is 14.5. The second kappa shape index (κ2) is 6.87. The van der Waals surface area contributed by atoms with Crippen LogP contribution in [0.4, 0.5) is 4.39 Å². The molecule has 0 aliphatic carbocycles. The first-order valence-electron chi connectivity index (χ1n) is 6.59. The molecule has 0 saturated carbocycles. The second-order valence-corrected chi connectivity index (χ2v) is 5.91. The average Bonchev–Trinajstić information content (AvgIpc) is 2.34. The van der Waals surface area contributed by atoms with Crippen molar-refractivity contribution in [2.24, 2.45) is 5.41 Å². The first-order chi connectivity index (χ1) is 8.79.